The highest BCUT2D eigenvalue weighted by molar-refractivity contribution is 5.66. The van der Waals surface area contributed by atoms with Crippen molar-refractivity contribution in [1.82, 2.24) is 9.78 Å². The molecule has 2 aromatic carbocycles. The van der Waals surface area contributed by atoms with Crippen LogP contribution in [0.2, 0.25) is 0 Å². The predicted molar refractivity (Wildman–Crippen MR) is 88.5 cm³/mol. The van der Waals surface area contributed by atoms with Gasteiger partial charge in [0.1, 0.15) is 11.8 Å². The molecule has 0 bridgehead atoms. The lowest BCUT2D eigenvalue weighted by atomic mass is 10.1. The molecule has 4 nitrogen and oxygen atoms in total. The average molecular weight is 303 g/mol. The van der Waals surface area contributed by atoms with Crippen LogP contribution in [0.4, 0.5) is 0 Å². The third kappa shape index (κ3) is 3.31. The maximum absolute atomic E-state index is 10.3. The first kappa shape index (κ1) is 15.0. The molecule has 114 valence electrons. The zero-order valence-electron chi connectivity index (χ0n) is 12.8. The van der Waals surface area contributed by atoms with Crippen LogP contribution in [0, 0.1) is 18.3 Å². The lowest BCUT2D eigenvalue weighted by molar-refractivity contribution is 0.151. The highest BCUT2D eigenvalue weighted by atomic mass is 16.3. The minimum absolute atomic E-state index is 0.310. The van der Waals surface area contributed by atoms with Crippen LogP contribution >= 0.6 is 0 Å². The maximum Gasteiger partial charge on any atom is 0.110 e. The van der Waals surface area contributed by atoms with Crippen LogP contribution in [0.3, 0.4) is 0 Å². The Hall–Kier alpha value is -2.90. The van der Waals surface area contributed by atoms with Crippen LogP contribution in [0.1, 0.15) is 22.8 Å². The third-order valence-electron chi connectivity index (χ3n) is 3.75. The molecule has 0 amide bonds. The fourth-order valence-electron chi connectivity index (χ4n) is 2.48. The number of hydrogen-bond donors (Lipinski definition) is 1. The van der Waals surface area contributed by atoms with Crippen molar-refractivity contribution in [2.24, 2.45) is 0 Å². The summed E-state index contributed by atoms with van der Waals surface area (Å²) in [6.45, 7) is 2.33. The van der Waals surface area contributed by atoms with E-state index in [9.17, 15) is 10.4 Å². The number of aromatic nitrogens is 2. The minimum atomic E-state index is -0.659. The Morgan fingerprint density at radius 2 is 1.83 bits per heavy atom. The summed E-state index contributed by atoms with van der Waals surface area (Å²) in [5, 5.41) is 24.1. The summed E-state index contributed by atoms with van der Waals surface area (Å²) in [4.78, 5) is 0. The average Bonchev–Trinajstić information content (AvgIpc) is 2.99. The highest BCUT2D eigenvalue weighted by Gasteiger charge is 2.14. The normalized spacial score (nSPS) is 11.9. The number of aryl methyl sites for hydroxylation is 1. The van der Waals surface area contributed by atoms with Gasteiger partial charge in [0.25, 0.3) is 0 Å². The van der Waals surface area contributed by atoms with Crippen LogP contribution in [0.5, 0.6) is 0 Å². The van der Waals surface area contributed by atoms with Gasteiger partial charge in [-0.1, -0.05) is 60.2 Å². The van der Waals surface area contributed by atoms with Crippen molar-refractivity contribution in [3.8, 4) is 17.3 Å². The van der Waals surface area contributed by atoms with Crippen molar-refractivity contribution in [1.29, 1.82) is 5.26 Å². The largest absolute Gasteiger partial charge is 0.386 e. The third-order valence-corrected chi connectivity index (χ3v) is 3.75. The summed E-state index contributed by atoms with van der Waals surface area (Å²) in [6.07, 6.45) is 1.02. The Balaban J connectivity index is 1.87. The smallest absolute Gasteiger partial charge is 0.110 e. The van der Waals surface area contributed by atoms with Gasteiger partial charge >= 0.3 is 0 Å². The lowest BCUT2D eigenvalue weighted by Gasteiger charge is -2.10. The van der Waals surface area contributed by atoms with Crippen LogP contribution in [0.25, 0.3) is 11.3 Å². The molecular formula is C19H17N3O. The number of rotatable bonds is 4. The number of aliphatic hydroxyl groups excluding tert-OH is 1. The molecule has 1 heterocycles. The Morgan fingerprint density at radius 3 is 2.48 bits per heavy atom. The fourth-order valence-corrected chi connectivity index (χ4v) is 2.48. The van der Waals surface area contributed by atoms with Crippen molar-refractivity contribution in [2.75, 3.05) is 0 Å². The Bertz CT molecular complexity index is 829. The molecule has 3 rings (SSSR count). The molecule has 0 spiro atoms. The molecule has 1 atom stereocenters. The molecule has 1 aromatic heterocycles. The molecule has 4 heteroatoms. The van der Waals surface area contributed by atoms with Crippen LogP contribution in [-0.2, 0) is 6.54 Å². The van der Waals surface area contributed by atoms with E-state index in [-0.39, 0.29) is 0 Å². The zero-order chi connectivity index (χ0) is 16.2. The minimum Gasteiger partial charge on any atom is -0.386 e. The molecule has 1 unspecified atom stereocenters. The van der Waals surface area contributed by atoms with Crippen molar-refractivity contribution < 1.29 is 5.11 Å². The molecule has 3 aromatic rings. The first-order valence-corrected chi connectivity index (χ1v) is 7.45. The van der Waals surface area contributed by atoms with Gasteiger partial charge in [0.15, 0.2) is 0 Å². The monoisotopic (exact) mass is 303 g/mol. The molecule has 23 heavy (non-hydrogen) atoms. The predicted octanol–water partition coefficient (Wildman–Crippen LogP) is 3.46. The standard InChI is InChI=1S/C19H17N3O/c1-14-7-9-16(10-8-14)19-17(11-20)12-22(21-19)13-18(23)15-5-3-2-4-6-15/h2-10,12,18,23H,13H2,1H3. The topological polar surface area (TPSA) is 61.8 Å². The molecule has 0 radical (unpaired) electrons. The highest BCUT2D eigenvalue weighted by Crippen LogP contribution is 2.23. The van der Waals surface area contributed by atoms with E-state index in [2.05, 4.69) is 11.2 Å². The number of nitriles is 1. The summed E-state index contributed by atoms with van der Waals surface area (Å²) >= 11 is 0. The van der Waals surface area contributed by atoms with Crippen molar-refractivity contribution >= 4 is 0 Å². The molecule has 0 fully saturated rings. The molecule has 1 N–H and O–H groups in total. The first-order chi connectivity index (χ1) is 11.2. The number of aliphatic hydroxyl groups is 1. The van der Waals surface area contributed by atoms with E-state index in [1.807, 2.05) is 61.5 Å². The SMILES string of the molecule is Cc1ccc(-c2nn(CC(O)c3ccccc3)cc2C#N)cc1. The van der Waals surface area contributed by atoms with E-state index in [1.165, 1.54) is 0 Å². The summed E-state index contributed by atoms with van der Waals surface area (Å²) in [6, 6.07) is 19.5. The summed E-state index contributed by atoms with van der Waals surface area (Å²) < 4.78 is 1.63. The molecule has 0 aliphatic rings. The lowest BCUT2D eigenvalue weighted by Crippen LogP contribution is -2.09. The fraction of sp³-hybridized carbons (Fsp3) is 0.158. The van der Waals surface area contributed by atoms with Gasteiger partial charge in [-0.15, -0.1) is 0 Å². The molecule has 0 saturated heterocycles. The van der Waals surface area contributed by atoms with E-state index < -0.39 is 6.10 Å². The van der Waals surface area contributed by atoms with Gasteiger partial charge in [-0.2, -0.15) is 10.4 Å². The Morgan fingerprint density at radius 1 is 1.13 bits per heavy atom. The number of nitrogens with zero attached hydrogens (tertiary/aromatic N) is 3. The molecule has 0 saturated carbocycles. The number of hydrogen-bond acceptors (Lipinski definition) is 3. The summed E-state index contributed by atoms with van der Waals surface area (Å²) in [7, 11) is 0. The van der Waals surface area contributed by atoms with Gasteiger partial charge in [0.05, 0.1) is 18.2 Å². The van der Waals surface area contributed by atoms with E-state index in [0.29, 0.717) is 17.8 Å². The second-order valence-corrected chi connectivity index (χ2v) is 5.52. The van der Waals surface area contributed by atoms with Gasteiger partial charge in [0, 0.05) is 11.8 Å². The van der Waals surface area contributed by atoms with Gasteiger partial charge in [-0.05, 0) is 12.5 Å². The van der Waals surface area contributed by atoms with E-state index in [0.717, 1.165) is 16.7 Å². The van der Waals surface area contributed by atoms with Gasteiger partial charge in [-0.25, -0.2) is 0 Å². The Kier molecular flexibility index (Phi) is 4.22. The van der Waals surface area contributed by atoms with E-state index in [4.69, 9.17) is 0 Å². The maximum atomic E-state index is 10.3. The van der Waals surface area contributed by atoms with Crippen LogP contribution in [-0.4, -0.2) is 14.9 Å². The molecular weight excluding hydrogens is 286 g/mol. The van der Waals surface area contributed by atoms with Crippen LogP contribution < -0.4 is 0 Å². The molecule has 0 aliphatic carbocycles. The van der Waals surface area contributed by atoms with Gasteiger partial charge in [-0.3, -0.25) is 4.68 Å². The Labute approximate surface area is 135 Å². The second-order valence-electron chi connectivity index (χ2n) is 5.52. The zero-order valence-corrected chi connectivity index (χ0v) is 12.8. The van der Waals surface area contributed by atoms with Crippen molar-refractivity contribution in [3.05, 3.63) is 77.5 Å². The quantitative estimate of drug-likeness (QED) is 0.803. The second kappa shape index (κ2) is 6.47. The van der Waals surface area contributed by atoms with Crippen molar-refractivity contribution in [3.63, 3.8) is 0 Å². The number of benzene rings is 2. The van der Waals surface area contributed by atoms with Gasteiger partial charge in [0.2, 0.25) is 0 Å². The first-order valence-electron chi connectivity index (χ1n) is 7.45. The van der Waals surface area contributed by atoms with Gasteiger partial charge < -0.3 is 5.11 Å². The van der Waals surface area contributed by atoms with E-state index in [1.54, 1.807) is 10.9 Å². The van der Waals surface area contributed by atoms with Crippen LogP contribution in [0.15, 0.2) is 60.8 Å². The van der Waals surface area contributed by atoms with Crippen molar-refractivity contribution in [2.45, 2.75) is 19.6 Å². The van der Waals surface area contributed by atoms with E-state index >= 15 is 0 Å². The summed E-state index contributed by atoms with van der Waals surface area (Å²) in [5.74, 6) is 0. The summed E-state index contributed by atoms with van der Waals surface area (Å²) in [5.41, 5.74) is 4.05. The molecule has 0 aliphatic heterocycles.